The number of aliphatic hydroxyl groups excluding tert-OH is 1. The minimum Gasteiger partial charge on any atom is -0.392 e. The first-order valence-electron chi connectivity index (χ1n) is 7.07. The molecule has 104 valence electrons. The lowest BCUT2D eigenvalue weighted by Crippen LogP contribution is -2.53. The Morgan fingerprint density at radius 1 is 1.32 bits per heavy atom. The summed E-state index contributed by atoms with van der Waals surface area (Å²) >= 11 is 0. The molecule has 0 radical (unpaired) electrons. The maximum Gasteiger partial charge on any atom is 0.146 e. The highest BCUT2D eigenvalue weighted by Crippen LogP contribution is 2.33. The van der Waals surface area contributed by atoms with Crippen LogP contribution < -0.4 is 4.90 Å². The predicted molar refractivity (Wildman–Crippen MR) is 71.7 cm³/mol. The molecule has 1 aliphatic heterocycles. The fourth-order valence-corrected chi connectivity index (χ4v) is 3.28. The molecule has 3 rings (SSSR count). The third-order valence-electron chi connectivity index (χ3n) is 4.24. The minimum absolute atomic E-state index is 0.119. The Hall–Kier alpha value is -1.13. The minimum atomic E-state index is -0.238. The summed E-state index contributed by atoms with van der Waals surface area (Å²) in [6.45, 7) is 1.30. The third kappa shape index (κ3) is 2.47. The Kier molecular flexibility index (Phi) is 3.71. The molecule has 0 spiro atoms. The molecule has 1 N–H and O–H groups in total. The van der Waals surface area contributed by atoms with Gasteiger partial charge in [-0.15, -0.1) is 0 Å². The molecule has 0 bridgehead atoms. The Morgan fingerprint density at radius 3 is 2.95 bits per heavy atom. The first-order valence-corrected chi connectivity index (χ1v) is 7.07. The normalized spacial score (nSPS) is 27.2. The number of hydrogen-bond acceptors (Lipinski definition) is 3. The zero-order valence-electron chi connectivity index (χ0n) is 11.0. The number of benzene rings is 1. The third-order valence-corrected chi connectivity index (χ3v) is 4.24. The second-order valence-electron chi connectivity index (χ2n) is 5.40. The van der Waals surface area contributed by atoms with Crippen molar-refractivity contribution in [2.45, 2.75) is 44.4 Å². The van der Waals surface area contributed by atoms with Crippen LogP contribution >= 0.6 is 0 Å². The fourth-order valence-electron chi connectivity index (χ4n) is 3.28. The van der Waals surface area contributed by atoms with Crippen LogP contribution in [0.25, 0.3) is 0 Å². The zero-order valence-corrected chi connectivity index (χ0v) is 11.0. The smallest absolute Gasteiger partial charge is 0.146 e. The van der Waals surface area contributed by atoms with Crippen molar-refractivity contribution < 1.29 is 14.2 Å². The Bertz CT molecular complexity index is 450. The molecule has 2 atom stereocenters. The number of fused-ring (bicyclic) bond motifs is 1. The molecule has 2 unspecified atom stereocenters. The Balaban J connectivity index is 1.87. The van der Waals surface area contributed by atoms with Gasteiger partial charge in [-0.3, -0.25) is 0 Å². The molecule has 0 amide bonds. The number of rotatable bonds is 2. The monoisotopic (exact) mass is 265 g/mol. The van der Waals surface area contributed by atoms with E-state index in [0.29, 0.717) is 23.9 Å². The number of nitrogens with zero attached hydrogens (tertiary/aromatic N) is 1. The largest absolute Gasteiger partial charge is 0.392 e. The fraction of sp³-hybridized carbons (Fsp3) is 0.600. The van der Waals surface area contributed by atoms with Gasteiger partial charge in [0.1, 0.15) is 5.82 Å². The molecule has 1 aromatic carbocycles. The molecule has 4 heteroatoms. The maximum atomic E-state index is 14.2. The quantitative estimate of drug-likeness (QED) is 0.891. The van der Waals surface area contributed by atoms with Crippen molar-refractivity contribution in [2.24, 2.45) is 0 Å². The Labute approximate surface area is 113 Å². The molecule has 2 fully saturated rings. The number of halogens is 1. The van der Waals surface area contributed by atoms with E-state index in [1.807, 2.05) is 0 Å². The van der Waals surface area contributed by atoms with Crippen molar-refractivity contribution in [1.82, 2.24) is 0 Å². The average molecular weight is 265 g/mol. The molecular formula is C15H20FNO2. The van der Waals surface area contributed by atoms with Crippen molar-refractivity contribution in [1.29, 1.82) is 0 Å². The number of anilines is 1. The summed E-state index contributed by atoms with van der Waals surface area (Å²) in [5.74, 6) is -0.238. The van der Waals surface area contributed by atoms with Crippen LogP contribution in [0, 0.1) is 5.82 Å². The zero-order chi connectivity index (χ0) is 13.2. The van der Waals surface area contributed by atoms with Crippen LogP contribution in [0.5, 0.6) is 0 Å². The first kappa shape index (κ1) is 12.9. The summed E-state index contributed by atoms with van der Waals surface area (Å²) in [5, 5.41) is 9.05. The van der Waals surface area contributed by atoms with E-state index >= 15 is 0 Å². The van der Waals surface area contributed by atoms with Crippen LogP contribution in [-0.2, 0) is 11.3 Å². The molecule has 1 heterocycles. The topological polar surface area (TPSA) is 32.7 Å². The van der Waals surface area contributed by atoms with Gasteiger partial charge >= 0.3 is 0 Å². The van der Waals surface area contributed by atoms with Gasteiger partial charge in [0, 0.05) is 6.54 Å². The van der Waals surface area contributed by atoms with Crippen molar-refractivity contribution in [3.63, 3.8) is 0 Å². The summed E-state index contributed by atoms with van der Waals surface area (Å²) < 4.78 is 20.0. The molecule has 3 nitrogen and oxygen atoms in total. The van der Waals surface area contributed by atoms with Crippen molar-refractivity contribution >= 4 is 5.69 Å². The van der Waals surface area contributed by atoms with Gasteiger partial charge in [0.05, 0.1) is 31.0 Å². The van der Waals surface area contributed by atoms with E-state index in [9.17, 15) is 4.39 Å². The van der Waals surface area contributed by atoms with Crippen LogP contribution in [0.15, 0.2) is 18.2 Å². The molecule has 19 heavy (non-hydrogen) atoms. The van der Waals surface area contributed by atoms with Crippen LogP contribution in [-0.4, -0.2) is 30.4 Å². The van der Waals surface area contributed by atoms with Gasteiger partial charge in [0.15, 0.2) is 0 Å². The standard InChI is InChI=1S/C15H20FNO2/c16-12-9-11(10-18)5-6-13(12)17-7-8-19-15-4-2-1-3-14(15)17/h5-6,9,14-15,18H,1-4,7-8,10H2. The van der Waals surface area contributed by atoms with E-state index < -0.39 is 0 Å². The predicted octanol–water partition coefficient (Wildman–Crippen LogP) is 2.47. The van der Waals surface area contributed by atoms with Gasteiger partial charge in [-0.2, -0.15) is 0 Å². The number of hydrogen-bond donors (Lipinski definition) is 1. The van der Waals surface area contributed by atoms with Crippen LogP contribution in [0.1, 0.15) is 31.2 Å². The van der Waals surface area contributed by atoms with Crippen LogP contribution in [0.4, 0.5) is 10.1 Å². The lowest BCUT2D eigenvalue weighted by atomic mass is 9.89. The number of morpholine rings is 1. The van der Waals surface area contributed by atoms with Gasteiger partial charge in [0.2, 0.25) is 0 Å². The van der Waals surface area contributed by atoms with Gasteiger partial charge in [0.25, 0.3) is 0 Å². The highest BCUT2D eigenvalue weighted by atomic mass is 19.1. The van der Waals surface area contributed by atoms with E-state index in [1.165, 1.54) is 18.9 Å². The second kappa shape index (κ2) is 5.47. The summed E-state index contributed by atoms with van der Waals surface area (Å²) in [6, 6.07) is 5.32. The summed E-state index contributed by atoms with van der Waals surface area (Å²) in [4.78, 5) is 2.16. The second-order valence-corrected chi connectivity index (χ2v) is 5.40. The molecule has 1 saturated carbocycles. The number of aliphatic hydroxyl groups is 1. The van der Waals surface area contributed by atoms with Gasteiger partial charge in [-0.25, -0.2) is 4.39 Å². The SMILES string of the molecule is OCc1ccc(N2CCOC3CCCCC32)c(F)c1. The maximum absolute atomic E-state index is 14.2. The van der Waals surface area contributed by atoms with Gasteiger partial charge in [-0.05, 0) is 30.5 Å². The summed E-state index contributed by atoms with van der Waals surface area (Å²) in [6.07, 6.45) is 4.81. The molecule has 0 aromatic heterocycles. The highest BCUT2D eigenvalue weighted by Gasteiger charge is 2.35. The van der Waals surface area contributed by atoms with E-state index in [1.54, 1.807) is 12.1 Å². The van der Waals surface area contributed by atoms with Crippen molar-refractivity contribution in [3.05, 3.63) is 29.6 Å². The van der Waals surface area contributed by atoms with Crippen molar-refractivity contribution in [3.8, 4) is 0 Å². The van der Waals surface area contributed by atoms with Crippen LogP contribution in [0.3, 0.4) is 0 Å². The molecule has 1 aliphatic carbocycles. The number of ether oxygens (including phenoxy) is 1. The Morgan fingerprint density at radius 2 is 2.16 bits per heavy atom. The van der Waals surface area contributed by atoms with E-state index in [4.69, 9.17) is 9.84 Å². The first-order chi connectivity index (χ1) is 9.29. The molecule has 1 saturated heterocycles. The van der Waals surface area contributed by atoms with E-state index in [2.05, 4.69) is 4.90 Å². The summed E-state index contributed by atoms with van der Waals surface area (Å²) in [5.41, 5.74) is 1.27. The van der Waals surface area contributed by atoms with Gasteiger partial charge < -0.3 is 14.7 Å². The van der Waals surface area contributed by atoms with Crippen LogP contribution in [0.2, 0.25) is 0 Å². The lowest BCUT2D eigenvalue weighted by Gasteiger charge is -2.45. The summed E-state index contributed by atoms with van der Waals surface area (Å²) in [7, 11) is 0. The van der Waals surface area contributed by atoms with E-state index in [0.717, 1.165) is 19.4 Å². The highest BCUT2D eigenvalue weighted by molar-refractivity contribution is 5.51. The van der Waals surface area contributed by atoms with E-state index in [-0.39, 0.29) is 18.5 Å². The molecule has 2 aliphatic rings. The van der Waals surface area contributed by atoms with Gasteiger partial charge in [-0.1, -0.05) is 18.9 Å². The van der Waals surface area contributed by atoms with Crippen molar-refractivity contribution in [2.75, 3.05) is 18.1 Å². The molecule has 1 aromatic rings. The molecular weight excluding hydrogens is 245 g/mol. The average Bonchev–Trinajstić information content (AvgIpc) is 2.46. The lowest BCUT2D eigenvalue weighted by molar-refractivity contribution is -0.00891.